The Bertz CT molecular complexity index is 489. The zero-order valence-electron chi connectivity index (χ0n) is 11.0. The largest absolute Gasteiger partial charge is 0.376 e. The molecule has 0 amide bonds. The first-order valence-electron chi connectivity index (χ1n) is 5.54. The summed E-state index contributed by atoms with van der Waals surface area (Å²) in [5, 5.41) is 41.1. The highest BCUT2D eigenvalue weighted by Gasteiger charge is 2.79. The van der Waals surface area contributed by atoms with Gasteiger partial charge in [0.1, 0.15) is 0 Å². The van der Waals surface area contributed by atoms with Gasteiger partial charge < -0.3 is 25.2 Å². The number of rotatable bonds is 3. The molecule has 0 aliphatic carbocycles. The van der Waals surface area contributed by atoms with Gasteiger partial charge in [-0.25, -0.2) is 0 Å². The molecule has 1 fully saturated rings. The van der Waals surface area contributed by atoms with E-state index in [0.29, 0.717) is 0 Å². The summed E-state index contributed by atoms with van der Waals surface area (Å²) in [7, 11) is 0. The summed E-state index contributed by atoms with van der Waals surface area (Å²) in [6, 6.07) is 0. The highest BCUT2D eigenvalue weighted by molar-refractivity contribution is 9.10. The molecular formula is C11H15BrO8. The standard InChI is InChI=1S/C11H15BrO8/c1-5(13)8(16)4-20-11(12,19)10(18,7(3)15)9(8,17)6(2)14/h16-19H,4H2,1-3H3/t8-,9-,10+,11?/m0/s1. The maximum Gasteiger partial charge on any atom is 0.265 e. The Morgan fingerprint density at radius 1 is 0.900 bits per heavy atom. The highest BCUT2D eigenvalue weighted by atomic mass is 79.9. The molecule has 1 aliphatic rings. The molecule has 4 atom stereocenters. The van der Waals surface area contributed by atoms with Crippen molar-refractivity contribution in [1.82, 2.24) is 0 Å². The van der Waals surface area contributed by atoms with E-state index in [1.807, 2.05) is 0 Å². The summed E-state index contributed by atoms with van der Waals surface area (Å²) in [4.78, 5) is 35.1. The number of carbonyl (C=O) groups is 3. The van der Waals surface area contributed by atoms with Crippen molar-refractivity contribution in [1.29, 1.82) is 0 Å². The number of ether oxygens (including phenoxy) is 1. The van der Waals surface area contributed by atoms with E-state index in [-0.39, 0.29) is 0 Å². The predicted molar refractivity (Wildman–Crippen MR) is 66.7 cm³/mol. The van der Waals surface area contributed by atoms with E-state index < -0.39 is 45.5 Å². The molecule has 1 saturated heterocycles. The number of hydrogen-bond acceptors (Lipinski definition) is 8. The molecule has 0 aromatic heterocycles. The van der Waals surface area contributed by atoms with Crippen molar-refractivity contribution in [3.8, 4) is 0 Å². The predicted octanol–water partition coefficient (Wildman–Crippen LogP) is -1.98. The molecule has 0 saturated carbocycles. The fourth-order valence-corrected chi connectivity index (χ4v) is 2.99. The summed E-state index contributed by atoms with van der Waals surface area (Å²) in [6.45, 7) is 1.36. The van der Waals surface area contributed by atoms with Gasteiger partial charge >= 0.3 is 0 Å². The summed E-state index contributed by atoms with van der Waals surface area (Å²) < 4.78 is 1.83. The molecule has 0 spiro atoms. The van der Waals surface area contributed by atoms with Crippen LogP contribution in [0, 0.1) is 0 Å². The molecule has 0 aromatic carbocycles. The van der Waals surface area contributed by atoms with Gasteiger partial charge in [0.05, 0.1) is 6.61 Å². The van der Waals surface area contributed by atoms with Gasteiger partial charge in [-0.05, 0) is 36.7 Å². The minimum absolute atomic E-state index is 0.759. The smallest absolute Gasteiger partial charge is 0.265 e. The summed E-state index contributed by atoms with van der Waals surface area (Å²) in [5.41, 5.74) is -9.46. The molecule has 4 N–H and O–H groups in total. The van der Waals surface area contributed by atoms with E-state index in [1.165, 1.54) is 0 Å². The van der Waals surface area contributed by atoms with Gasteiger partial charge in [-0.3, -0.25) is 14.4 Å². The highest BCUT2D eigenvalue weighted by Crippen LogP contribution is 2.49. The lowest BCUT2D eigenvalue weighted by Crippen LogP contribution is -2.85. The van der Waals surface area contributed by atoms with Crippen molar-refractivity contribution in [2.45, 2.75) is 42.3 Å². The molecule has 0 bridgehead atoms. The SMILES string of the molecule is CC(=O)[C@]1(O)[C@@](O)(C(C)=O)COC(O)(Br)[C@@]1(O)C(C)=O. The van der Waals surface area contributed by atoms with Crippen LogP contribution in [0.4, 0.5) is 0 Å². The topological polar surface area (TPSA) is 141 Å². The minimum atomic E-state index is -3.29. The van der Waals surface area contributed by atoms with Crippen molar-refractivity contribution >= 4 is 33.3 Å². The van der Waals surface area contributed by atoms with Crippen molar-refractivity contribution in [3.63, 3.8) is 0 Å². The average Bonchev–Trinajstić information content (AvgIpc) is 2.31. The Morgan fingerprint density at radius 2 is 1.30 bits per heavy atom. The molecule has 1 unspecified atom stereocenters. The van der Waals surface area contributed by atoms with Crippen molar-refractivity contribution in [2.24, 2.45) is 0 Å². The van der Waals surface area contributed by atoms with Crippen LogP contribution in [0.25, 0.3) is 0 Å². The number of Topliss-reactive ketones (excluding diaryl/α,β-unsaturated/α-hetero) is 3. The first kappa shape index (κ1) is 17.3. The summed E-state index contributed by atoms with van der Waals surface area (Å²) in [5.74, 6) is -3.68. The van der Waals surface area contributed by atoms with Crippen molar-refractivity contribution in [3.05, 3.63) is 0 Å². The third-order valence-electron chi connectivity index (χ3n) is 3.64. The van der Waals surface area contributed by atoms with Crippen LogP contribution < -0.4 is 0 Å². The first-order chi connectivity index (χ1) is 8.79. The van der Waals surface area contributed by atoms with E-state index >= 15 is 0 Å². The van der Waals surface area contributed by atoms with Crippen LogP contribution in [0.5, 0.6) is 0 Å². The second-order valence-corrected chi connectivity index (χ2v) is 5.87. The number of aliphatic hydroxyl groups is 4. The molecule has 20 heavy (non-hydrogen) atoms. The van der Waals surface area contributed by atoms with E-state index in [2.05, 4.69) is 20.7 Å². The maximum absolute atomic E-state index is 11.8. The van der Waals surface area contributed by atoms with Crippen molar-refractivity contribution in [2.75, 3.05) is 6.61 Å². The van der Waals surface area contributed by atoms with E-state index in [4.69, 9.17) is 0 Å². The second-order valence-electron chi connectivity index (χ2n) is 4.80. The number of ketones is 3. The molecule has 1 heterocycles. The van der Waals surface area contributed by atoms with Crippen LogP contribution in [0.2, 0.25) is 0 Å². The molecule has 1 aliphatic heterocycles. The van der Waals surface area contributed by atoms with E-state index in [9.17, 15) is 34.8 Å². The lowest BCUT2D eigenvalue weighted by molar-refractivity contribution is -0.346. The zero-order chi connectivity index (χ0) is 16.1. The molecule has 0 aromatic rings. The zero-order valence-corrected chi connectivity index (χ0v) is 12.6. The molecule has 1 rings (SSSR count). The molecule has 9 heteroatoms. The molecule has 114 valence electrons. The monoisotopic (exact) mass is 354 g/mol. The van der Waals surface area contributed by atoms with Gasteiger partial charge in [0.2, 0.25) is 11.2 Å². The number of carbonyl (C=O) groups excluding carboxylic acids is 3. The number of halogens is 1. The maximum atomic E-state index is 11.8. The van der Waals surface area contributed by atoms with Gasteiger partial charge in [-0.15, -0.1) is 0 Å². The van der Waals surface area contributed by atoms with Crippen LogP contribution >= 0.6 is 15.9 Å². The molecule has 0 radical (unpaired) electrons. The van der Waals surface area contributed by atoms with Crippen LogP contribution in [0.3, 0.4) is 0 Å². The molecular weight excluding hydrogens is 340 g/mol. The quantitative estimate of drug-likeness (QED) is 0.427. The minimum Gasteiger partial charge on any atom is -0.376 e. The van der Waals surface area contributed by atoms with Crippen LogP contribution in [-0.2, 0) is 19.1 Å². The Labute approximate surface area is 122 Å². The summed E-state index contributed by atoms with van der Waals surface area (Å²) >= 11 is 2.49. The lowest BCUT2D eigenvalue weighted by Gasteiger charge is -2.56. The van der Waals surface area contributed by atoms with E-state index in [1.54, 1.807) is 0 Å². The normalized spacial score (nSPS) is 45.0. The van der Waals surface area contributed by atoms with Crippen molar-refractivity contribution < 1.29 is 39.5 Å². The van der Waals surface area contributed by atoms with Gasteiger partial charge in [0.15, 0.2) is 23.0 Å². The van der Waals surface area contributed by atoms with Gasteiger partial charge in [0, 0.05) is 0 Å². The fraction of sp³-hybridized carbons (Fsp3) is 0.727. The second kappa shape index (κ2) is 4.65. The third kappa shape index (κ3) is 1.74. The molecule has 8 nitrogen and oxygen atoms in total. The fourth-order valence-electron chi connectivity index (χ4n) is 2.31. The Morgan fingerprint density at radius 3 is 1.60 bits per heavy atom. The van der Waals surface area contributed by atoms with Crippen LogP contribution in [-0.4, -0.2) is 65.9 Å². The average molecular weight is 355 g/mol. The summed E-state index contributed by atoms with van der Waals surface area (Å²) in [6.07, 6.45) is 0. The van der Waals surface area contributed by atoms with Gasteiger partial charge in [-0.1, -0.05) is 0 Å². The van der Waals surface area contributed by atoms with Crippen LogP contribution in [0.1, 0.15) is 20.8 Å². The number of hydrogen-bond donors (Lipinski definition) is 4. The van der Waals surface area contributed by atoms with Gasteiger partial charge in [-0.2, -0.15) is 0 Å². The Hall–Kier alpha value is -0.710. The Kier molecular flexibility index (Phi) is 4.03. The number of alkyl halides is 1. The first-order valence-corrected chi connectivity index (χ1v) is 6.34. The van der Waals surface area contributed by atoms with E-state index in [0.717, 1.165) is 20.8 Å². The third-order valence-corrected chi connectivity index (χ3v) is 4.44. The Balaban J connectivity index is 3.77. The van der Waals surface area contributed by atoms with Gasteiger partial charge in [0.25, 0.3) is 4.70 Å². The van der Waals surface area contributed by atoms with Crippen LogP contribution in [0.15, 0.2) is 0 Å². The lowest BCUT2D eigenvalue weighted by atomic mass is 9.63.